The first-order valence-corrected chi connectivity index (χ1v) is 9.42. The van der Waals surface area contributed by atoms with E-state index in [2.05, 4.69) is 0 Å². The fraction of sp³-hybridized carbons (Fsp3) is 0.938. The lowest BCUT2D eigenvalue weighted by molar-refractivity contribution is -0.439. The molecule has 0 amide bonds. The Kier molecular flexibility index (Phi) is 8.31. The van der Waals surface area contributed by atoms with E-state index in [0.29, 0.717) is 11.8 Å². The summed E-state index contributed by atoms with van der Waals surface area (Å²) in [6, 6.07) is 0. The largest absolute Gasteiger partial charge is 0.481 e. The van der Waals surface area contributed by atoms with Crippen LogP contribution in [0.4, 0.5) is 57.1 Å². The van der Waals surface area contributed by atoms with Gasteiger partial charge in [0.25, 0.3) is 0 Å². The van der Waals surface area contributed by atoms with Crippen molar-refractivity contribution in [1.82, 2.24) is 0 Å². The Morgan fingerprint density at radius 2 is 1.06 bits per heavy atom. The Morgan fingerprint density at radius 3 is 1.41 bits per heavy atom. The number of hydrogen-bond donors (Lipinski definition) is 1. The number of halogens is 13. The lowest BCUT2D eigenvalue weighted by Gasteiger charge is -2.40. The minimum absolute atomic E-state index is 0.256. The van der Waals surface area contributed by atoms with Crippen molar-refractivity contribution in [3.63, 3.8) is 0 Å². The summed E-state index contributed by atoms with van der Waals surface area (Å²) < 4.78 is 168. The number of aliphatic carboxylic acids is 1. The third-order valence-corrected chi connectivity index (χ3v) is 5.69. The zero-order valence-electron chi connectivity index (χ0n) is 16.8. The van der Waals surface area contributed by atoms with E-state index in [-0.39, 0.29) is 6.42 Å². The van der Waals surface area contributed by atoms with E-state index in [9.17, 15) is 61.9 Å². The van der Waals surface area contributed by atoms with Crippen LogP contribution in [0.25, 0.3) is 0 Å². The van der Waals surface area contributed by atoms with Crippen LogP contribution in [0.3, 0.4) is 0 Å². The van der Waals surface area contributed by atoms with Gasteiger partial charge in [-0.1, -0.05) is 13.8 Å². The van der Waals surface area contributed by atoms with Crippen LogP contribution in [0.5, 0.6) is 0 Å². The molecule has 0 aromatic rings. The van der Waals surface area contributed by atoms with Crippen LogP contribution in [0.2, 0.25) is 0 Å². The molecule has 16 heteroatoms. The first-order valence-electron chi connectivity index (χ1n) is 8.44. The fourth-order valence-corrected chi connectivity index (χ4v) is 3.98. The van der Waals surface area contributed by atoms with E-state index in [4.69, 9.17) is 5.11 Å². The van der Waals surface area contributed by atoms with Crippen molar-refractivity contribution < 1.29 is 67.0 Å². The Hall–Kier alpha value is -1.09. The first-order chi connectivity index (χ1) is 13.6. The molecule has 0 rings (SSSR count). The third-order valence-electron chi connectivity index (χ3n) is 4.35. The van der Waals surface area contributed by atoms with Gasteiger partial charge in [0.05, 0.1) is 5.41 Å². The highest BCUT2D eigenvalue weighted by Gasteiger charge is 2.90. The van der Waals surface area contributed by atoms with E-state index in [1.807, 2.05) is 0 Å². The van der Waals surface area contributed by atoms with E-state index in [0.717, 1.165) is 0 Å². The number of carboxylic acids is 1. The Labute approximate surface area is 177 Å². The summed E-state index contributed by atoms with van der Waals surface area (Å²) in [5.41, 5.74) is -1.44. The molecule has 0 aliphatic carbocycles. The predicted molar refractivity (Wildman–Crippen MR) is 88.0 cm³/mol. The first kappa shape index (κ1) is 30.9. The fourth-order valence-electron chi connectivity index (χ4n) is 2.61. The smallest absolute Gasteiger partial charge is 0.460 e. The second-order valence-electron chi connectivity index (χ2n) is 8.22. The molecule has 0 saturated carbocycles. The van der Waals surface area contributed by atoms with Gasteiger partial charge in [0.1, 0.15) is 0 Å². The molecule has 0 bridgehead atoms. The molecule has 0 unspecified atom stereocenters. The molecular formula is C16H19F13O2S. The molecule has 0 aliphatic rings. The number of alkyl halides is 13. The van der Waals surface area contributed by atoms with Crippen molar-refractivity contribution in [3.8, 4) is 0 Å². The molecule has 0 atom stereocenters. The minimum atomic E-state index is -7.91. The van der Waals surface area contributed by atoms with Gasteiger partial charge in [-0.2, -0.15) is 68.8 Å². The Bertz CT molecular complexity index is 684. The zero-order chi connectivity index (χ0) is 26.4. The van der Waals surface area contributed by atoms with E-state index in [1.165, 1.54) is 27.7 Å². The normalized spacial score (nSPS) is 15.8. The van der Waals surface area contributed by atoms with Crippen molar-refractivity contribution in [1.29, 1.82) is 0 Å². The van der Waals surface area contributed by atoms with Crippen LogP contribution >= 0.6 is 11.8 Å². The number of rotatable bonds is 11. The summed E-state index contributed by atoms with van der Waals surface area (Å²) in [6.07, 6.45) is -10.0. The minimum Gasteiger partial charge on any atom is -0.481 e. The lowest BCUT2D eigenvalue weighted by atomic mass is 9.84. The van der Waals surface area contributed by atoms with Gasteiger partial charge in [-0.05, 0) is 26.0 Å². The molecule has 0 saturated heterocycles. The van der Waals surface area contributed by atoms with E-state index >= 15 is 0 Å². The van der Waals surface area contributed by atoms with Gasteiger partial charge in [-0.3, -0.25) is 4.79 Å². The van der Waals surface area contributed by atoms with E-state index < -0.39 is 64.1 Å². The van der Waals surface area contributed by atoms with Crippen LogP contribution in [0.15, 0.2) is 0 Å². The number of thioether (sulfide) groups is 1. The third kappa shape index (κ3) is 5.51. The van der Waals surface area contributed by atoms with Crippen LogP contribution in [-0.2, 0) is 4.79 Å². The van der Waals surface area contributed by atoms with E-state index in [1.54, 1.807) is 0 Å². The molecule has 2 nitrogen and oxygen atoms in total. The SMILES string of the molecule is CC(C)(CC(C)(C)C(=O)O)SCCC(F)(F)C(F)(F)C(F)(F)C(F)(F)C(F)(F)C(F)(F)F. The zero-order valence-corrected chi connectivity index (χ0v) is 17.6. The molecule has 0 spiro atoms. The molecule has 32 heavy (non-hydrogen) atoms. The van der Waals surface area contributed by atoms with Crippen molar-refractivity contribution in [2.24, 2.45) is 5.41 Å². The van der Waals surface area contributed by atoms with Gasteiger partial charge in [0, 0.05) is 11.2 Å². The predicted octanol–water partition coefficient (Wildman–Crippen LogP) is 7.13. The van der Waals surface area contributed by atoms with Crippen LogP contribution in [0.1, 0.15) is 40.5 Å². The van der Waals surface area contributed by atoms with Gasteiger partial charge in [0.15, 0.2) is 0 Å². The molecule has 0 aromatic carbocycles. The highest BCUT2D eigenvalue weighted by atomic mass is 32.2. The highest BCUT2D eigenvalue weighted by molar-refractivity contribution is 8.00. The van der Waals surface area contributed by atoms with Crippen LogP contribution < -0.4 is 0 Å². The second-order valence-corrected chi connectivity index (χ2v) is 10.0. The molecule has 192 valence electrons. The molecule has 0 aromatic heterocycles. The number of hydrogen-bond acceptors (Lipinski definition) is 2. The lowest BCUT2D eigenvalue weighted by Crippen LogP contribution is -2.70. The second kappa shape index (κ2) is 8.60. The average Bonchev–Trinajstić information content (AvgIpc) is 2.51. The van der Waals surface area contributed by atoms with Gasteiger partial charge in [0.2, 0.25) is 0 Å². The highest BCUT2D eigenvalue weighted by Crippen LogP contribution is 2.60. The monoisotopic (exact) mass is 522 g/mol. The maximum absolute atomic E-state index is 13.8. The summed E-state index contributed by atoms with van der Waals surface area (Å²) in [5.74, 6) is -39.4. The Morgan fingerprint density at radius 1 is 0.688 bits per heavy atom. The van der Waals surface area contributed by atoms with Crippen LogP contribution in [0, 0.1) is 5.41 Å². The molecular weight excluding hydrogens is 503 g/mol. The number of carbonyl (C=O) groups is 1. The molecule has 0 heterocycles. The summed E-state index contributed by atoms with van der Waals surface area (Å²) in [5, 5.41) is 9.03. The van der Waals surface area contributed by atoms with Crippen molar-refractivity contribution in [3.05, 3.63) is 0 Å². The number of carboxylic acid groups (broad SMARTS) is 1. The van der Waals surface area contributed by atoms with Gasteiger partial charge < -0.3 is 5.11 Å². The summed E-state index contributed by atoms with van der Waals surface area (Å²) in [4.78, 5) is 11.1. The van der Waals surface area contributed by atoms with Gasteiger partial charge in [-0.25, -0.2) is 0 Å². The maximum Gasteiger partial charge on any atom is 0.460 e. The molecule has 0 fully saturated rings. The molecule has 0 radical (unpaired) electrons. The summed E-state index contributed by atoms with van der Waals surface area (Å²) in [6.45, 7) is 4.99. The standard InChI is InChI=1S/C16H19F13O2S/c1-9(2,8(30)31)7-10(3,4)32-6-5-11(17,18)12(19,20)13(21,22)14(23,24)15(25,26)16(27,28)29/h5-7H2,1-4H3,(H,30,31). The quantitative estimate of drug-likeness (QED) is 0.294. The summed E-state index contributed by atoms with van der Waals surface area (Å²) in [7, 11) is 0. The summed E-state index contributed by atoms with van der Waals surface area (Å²) >= 11 is 0.357. The average molecular weight is 522 g/mol. The van der Waals surface area contributed by atoms with Gasteiger partial charge >= 0.3 is 41.8 Å². The van der Waals surface area contributed by atoms with Crippen LogP contribution in [-0.4, -0.2) is 57.4 Å². The van der Waals surface area contributed by atoms with Crippen molar-refractivity contribution in [2.45, 2.75) is 81.1 Å². The topological polar surface area (TPSA) is 37.3 Å². The van der Waals surface area contributed by atoms with Crippen molar-refractivity contribution in [2.75, 3.05) is 5.75 Å². The molecule has 1 N–H and O–H groups in total. The van der Waals surface area contributed by atoms with Gasteiger partial charge in [-0.15, -0.1) is 0 Å². The maximum atomic E-state index is 13.8. The van der Waals surface area contributed by atoms with Crippen molar-refractivity contribution >= 4 is 17.7 Å². The Balaban J connectivity index is 5.72. The molecule has 0 aliphatic heterocycles.